The molecule has 1 aromatic carbocycles. The number of alkyl halides is 3. The standard InChI is InChI=1S/C10H8F3NO2/c1-14(6-15)8-4-2-7(3-5-8)9(16)10(11,12)13/h2-6H,1H3. The number of carbonyl (C=O) groups excluding carboxylic acids is 2. The van der Waals surface area contributed by atoms with E-state index in [1.54, 1.807) is 0 Å². The van der Waals surface area contributed by atoms with Crippen molar-refractivity contribution in [3.63, 3.8) is 0 Å². The summed E-state index contributed by atoms with van der Waals surface area (Å²) in [5.74, 6) is -1.90. The first-order valence-corrected chi connectivity index (χ1v) is 4.26. The summed E-state index contributed by atoms with van der Waals surface area (Å²) in [5, 5.41) is 0. The van der Waals surface area contributed by atoms with Crippen LogP contribution in [0.3, 0.4) is 0 Å². The molecule has 0 fully saturated rings. The van der Waals surface area contributed by atoms with E-state index in [0.717, 1.165) is 12.1 Å². The van der Waals surface area contributed by atoms with Crippen LogP contribution in [0.5, 0.6) is 0 Å². The second-order valence-electron chi connectivity index (χ2n) is 3.09. The summed E-state index contributed by atoms with van der Waals surface area (Å²) in [6.45, 7) is 0. The van der Waals surface area contributed by atoms with Crippen LogP contribution in [0.2, 0.25) is 0 Å². The van der Waals surface area contributed by atoms with Crippen molar-refractivity contribution < 1.29 is 22.8 Å². The lowest BCUT2D eigenvalue weighted by atomic mass is 10.1. The zero-order valence-corrected chi connectivity index (χ0v) is 8.28. The minimum Gasteiger partial charge on any atom is -0.318 e. The Hall–Kier alpha value is -1.85. The Bertz CT molecular complexity index is 398. The Balaban J connectivity index is 2.96. The predicted octanol–water partition coefficient (Wildman–Crippen LogP) is 2.02. The van der Waals surface area contributed by atoms with Crippen molar-refractivity contribution >= 4 is 17.9 Å². The lowest BCUT2D eigenvalue weighted by Gasteiger charge is -2.11. The molecule has 0 radical (unpaired) electrons. The maximum Gasteiger partial charge on any atom is 0.454 e. The molecule has 0 atom stereocenters. The second-order valence-corrected chi connectivity index (χ2v) is 3.09. The van der Waals surface area contributed by atoms with E-state index in [2.05, 4.69) is 0 Å². The van der Waals surface area contributed by atoms with E-state index >= 15 is 0 Å². The van der Waals surface area contributed by atoms with Gasteiger partial charge >= 0.3 is 6.18 Å². The van der Waals surface area contributed by atoms with E-state index < -0.39 is 17.5 Å². The molecule has 1 amide bonds. The fourth-order valence-corrected chi connectivity index (χ4v) is 1.07. The summed E-state index contributed by atoms with van der Waals surface area (Å²) < 4.78 is 36.1. The number of nitrogens with zero attached hydrogens (tertiary/aromatic N) is 1. The molecule has 0 aliphatic heterocycles. The van der Waals surface area contributed by atoms with Crippen LogP contribution in [0.4, 0.5) is 18.9 Å². The largest absolute Gasteiger partial charge is 0.454 e. The molecule has 1 aromatic rings. The van der Waals surface area contributed by atoms with E-state index in [1.807, 2.05) is 0 Å². The van der Waals surface area contributed by atoms with Gasteiger partial charge in [0.05, 0.1) is 0 Å². The van der Waals surface area contributed by atoms with Crippen LogP contribution in [0.15, 0.2) is 24.3 Å². The van der Waals surface area contributed by atoms with Crippen LogP contribution in [-0.2, 0) is 4.79 Å². The number of Topliss-reactive ketones (excluding diaryl/α,β-unsaturated/α-hetero) is 1. The summed E-state index contributed by atoms with van der Waals surface area (Å²) in [7, 11) is 1.45. The molecule has 0 spiro atoms. The summed E-state index contributed by atoms with van der Waals surface area (Å²) in [6.07, 6.45) is -4.36. The van der Waals surface area contributed by atoms with Crippen LogP contribution in [0.25, 0.3) is 0 Å². The van der Waals surface area contributed by atoms with Crippen LogP contribution >= 0.6 is 0 Å². The maximum atomic E-state index is 12.0. The van der Waals surface area contributed by atoms with Gasteiger partial charge in [0.15, 0.2) is 0 Å². The zero-order chi connectivity index (χ0) is 12.3. The van der Waals surface area contributed by atoms with Gasteiger partial charge in [-0.2, -0.15) is 13.2 Å². The van der Waals surface area contributed by atoms with Crippen molar-refractivity contribution in [2.75, 3.05) is 11.9 Å². The third-order valence-corrected chi connectivity index (χ3v) is 1.95. The van der Waals surface area contributed by atoms with E-state index in [9.17, 15) is 22.8 Å². The minimum atomic E-state index is -4.88. The molecule has 0 aliphatic carbocycles. The van der Waals surface area contributed by atoms with Crippen molar-refractivity contribution in [3.05, 3.63) is 29.8 Å². The lowest BCUT2D eigenvalue weighted by molar-refractivity contribution is -0.107. The highest BCUT2D eigenvalue weighted by atomic mass is 19.4. The predicted molar refractivity (Wildman–Crippen MR) is 51.3 cm³/mol. The molecular formula is C10H8F3NO2. The topological polar surface area (TPSA) is 37.4 Å². The highest BCUT2D eigenvalue weighted by Crippen LogP contribution is 2.22. The first-order chi connectivity index (χ1) is 7.36. The summed E-state index contributed by atoms with van der Waals surface area (Å²) in [4.78, 5) is 22.4. The van der Waals surface area contributed by atoms with Crippen LogP contribution in [0.1, 0.15) is 10.4 Å². The molecular weight excluding hydrogens is 223 g/mol. The highest BCUT2D eigenvalue weighted by molar-refractivity contribution is 6.00. The molecule has 0 bridgehead atoms. The van der Waals surface area contributed by atoms with Gasteiger partial charge in [-0.05, 0) is 24.3 Å². The lowest BCUT2D eigenvalue weighted by Crippen LogP contribution is -2.22. The molecule has 6 heteroatoms. The number of anilines is 1. The maximum absolute atomic E-state index is 12.0. The van der Waals surface area contributed by atoms with Crippen LogP contribution < -0.4 is 4.90 Å². The summed E-state index contributed by atoms with van der Waals surface area (Å²) in [6, 6.07) is 4.61. The third-order valence-electron chi connectivity index (χ3n) is 1.95. The third kappa shape index (κ3) is 2.59. The van der Waals surface area contributed by atoms with Gasteiger partial charge in [0, 0.05) is 18.3 Å². The summed E-state index contributed by atoms with van der Waals surface area (Å²) >= 11 is 0. The number of carbonyl (C=O) groups is 2. The first-order valence-electron chi connectivity index (χ1n) is 4.26. The highest BCUT2D eigenvalue weighted by Gasteiger charge is 2.39. The van der Waals surface area contributed by atoms with Gasteiger partial charge in [-0.3, -0.25) is 9.59 Å². The van der Waals surface area contributed by atoms with Gasteiger partial charge in [0.1, 0.15) is 0 Å². The molecule has 0 aromatic heterocycles. The molecule has 3 nitrogen and oxygen atoms in total. The van der Waals surface area contributed by atoms with Gasteiger partial charge in [0.2, 0.25) is 6.41 Å². The monoisotopic (exact) mass is 231 g/mol. The van der Waals surface area contributed by atoms with Crippen molar-refractivity contribution in [2.24, 2.45) is 0 Å². The number of hydrogen-bond acceptors (Lipinski definition) is 2. The van der Waals surface area contributed by atoms with E-state index in [0.29, 0.717) is 12.1 Å². The molecule has 0 heterocycles. The van der Waals surface area contributed by atoms with E-state index in [-0.39, 0.29) is 0 Å². The fraction of sp³-hybridized carbons (Fsp3) is 0.200. The van der Waals surface area contributed by atoms with Crippen molar-refractivity contribution in [1.29, 1.82) is 0 Å². The van der Waals surface area contributed by atoms with E-state index in [1.165, 1.54) is 24.1 Å². The average molecular weight is 231 g/mol. The molecule has 1 rings (SSSR count). The number of halogens is 3. The normalized spacial score (nSPS) is 11.0. The zero-order valence-electron chi connectivity index (χ0n) is 8.28. The number of amides is 1. The van der Waals surface area contributed by atoms with Gasteiger partial charge in [0.25, 0.3) is 5.78 Å². The van der Waals surface area contributed by atoms with Gasteiger partial charge < -0.3 is 4.90 Å². The number of benzene rings is 1. The minimum absolute atomic E-state index is 0.411. The van der Waals surface area contributed by atoms with Crippen molar-refractivity contribution in [2.45, 2.75) is 6.18 Å². The first kappa shape index (κ1) is 12.2. The number of hydrogen-bond donors (Lipinski definition) is 0. The molecule has 86 valence electrons. The van der Waals surface area contributed by atoms with Crippen molar-refractivity contribution in [1.82, 2.24) is 0 Å². The molecule has 0 unspecified atom stereocenters. The Kier molecular flexibility index (Phi) is 3.31. The summed E-state index contributed by atoms with van der Waals surface area (Å²) in [5.41, 5.74) is -0.0377. The Morgan fingerprint density at radius 1 is 1.25 bits per heavy atom. The number of rotatable bonds is 3. The number of ketones is 1. The van der Waals surface area contributed by atoms with Gasteiger partial charge in [-0.25, -0.2) is 0 Å². The van der Waals surface area contributed by atoms with Gasteiger partial charge in [-0.1, -0.05) is 0 Å². The SMILES string of the molecule is CN(C=O)c1ccc(C(=O)C(F)(F)F)cc1. The molecule has 16 heavy (non-hydrogen) atoms. The average Bonchev–Trinajstić information content (AvgIpc) is 2.26. The van der Waals surface area contributed by atoms with Crippen molar-refractivity contribution in [3.8, 4) is 0 Å². The fourth-order valence-electron chi connectivity index (χ4n) is 1.07. The van der Waals surface area contributed by atoms with Gasteiger partial charge in [-0.15, -0.1) is 0 Å². The smallest absolute Gasteiger partial charge is 0.318 e. The second kappa shape index (κ2) is 4.34. The Morgan fingerprint density at radius 3 is 2.12 bits per heavy atom. The van der Waals surface area contributed by atoms with Crippen LogP contribution in [-0.4, -0.2) is 25.4 Å². The molecule has 0 saturated carbocycles. The molecule has 0 N–H and O–H groups in total. The quantitative estimate of drug-likeness (QED) is 0.589. The molecule has 0 saturated heterocycles. The van der Waals surface area contributed by atoms with E-state index in [4.69, 9.17) is 0 Å². The van der Waals surface area contributed by atoms with Crippen LogP contribution in [0, 0.1) is 0 Å². The Labute approximate surface area is 89.5 Å². The molecule has 0 aliphatic rings. The Morgan fingerprint density at radius 2 is 1.75 bits per heavy atom.